The first-order valence-electron chi connectivity index (χ1n) is 8.88. The standard InChI is InChI=1S/C18H23FN4OS2/c1-2-10-25-18-22-21-17(26-18)20-16(24)14-4-3-9-23(12-14)11-13-5-7-15(19)8-6-13/h5-8,14H,2-4,9-12H2,1H3,(H,20,21,24). The largest absolute Gasteiger partial charge is 0.300 e. The predicted molar refractivity (Wildman–Crippen MR) is 104 cm³/mol. The topological polar surface area (TPSA) is 58.1 Å². The van der Waals surface area contributed by atoms with Gasteiger partial charge in [-0.3, -0.25) is 9.69 Å². The molecule has 0 spiro atoms. The Hall–Kier alpha value is -1.51. The molecule has 1 aromatic carbocycles. The maximum Gasteiger partial charge on any atom is 0.230 e. The lowest BCUT2D eigenvalue weighted by Gasteiger charge is -2.31. The first-order valence-corrected chi connectivity index (χ1v) is 10.7. The van der Waals surface area contributed by atoms with E-state index < -0.39 is 0 Å². The van der Waals surface area contributed by atoms with Crippen LogP contribution in [-0.4, -0.2) is 39.8 Å². The van der Waals surface area contributed by atoms with Crippen LogP contribution in [0.5, 0.6) is 0 Å². The number of nitrogens with zero attached hydrogens (tertiary/aromatic N) is 3. The minimum absolute atomic E-state index is 0.0111. The van der Waals surface area contributed by atoms with Gasteiger partial charge in [-0.05, 0) is 43.5 Å². The van der Waals surface area contributed by atoms with Crippen LogP contribution in [-0.2, 0) is 11.3 Å². The second kappa shape index (κ2) is 9.43. The summed E-state index contributed by atoms with van der Waals surface area (Å²) in [6.07, 6.45) is 2.94. The molecule has 1 atom stereocenters. The zero-order valence-electron chi connectivity index (χ0n) is 14.8. The molecular formula is C18H23FN4OS2. The number of aromatic nitrogens is 2. The van der Waals surface area contributed by atoms with E-state index in [-0.39, 0.29) is 17.6 Å². The molecule has 26 heavy (non-hydrogen) atoms. The van der Waals surface area contributed by atoms with Crippen molar-refractivity contribution < 1.29 is 9.18 Å². The molecule has 1 aromatic heterocycles. The second-order valence-corrected chi connectivity index (χ2v) is 8.73. The Kier molecular flexibility index (Phi) is 6.99. The van der Waals surface area contributed by atoms with Crippen molar-refractivity contribution in [1.29, 1.82) is 0 Å². The highest BCUT2D eigenvalue weighted by atomic mass is 32.2. The molecule has 5 nitrogen and oxygen atoms in total. The molecule has 2 heterocycles. The smallest absolute Gasteiger partial charge is 0.230 e. The molecule has 3 rings (SSSR count). The summed E-state index contributed by atoms with van der Waals surface area (Å²) in [6.45, 7) is 4.52. The number of benzene rings is 1. The van der Waals surface area contributed by atoms with Gasteiger partial charge in [-0.1, -0.05) is 42.2 Å². The third-order valence-electron chi connectivity index (χ3n) is 4.26. The molecule has 2 aromatic rings. The van der Waals surface area contributed by atoms with Gasteiger partial charge in [-0.2, -0.15) is 0 Å². The number of piperidine rings is 1. The third-order valence-corrected chi connectivity index (χ3v) is 6.44. The summed E-state index contributed by atoms with van der Waals surface area (Å²) in [7, 11) is 0. The molecule has 1 amide bonds. The van der Waals surface area contributed by atoms with E-state index in [1.807, 2.05) is 0 Å². The fraction of sp³-hybridized carbons (Fsp3) is 0.500. The van der Waals surface area contributed by atoms with E-state index in [0.29, 0.717) is 11.7 Å². The van der Waals surface area contributed by atoms with Crippen LogP contribution in [0.25, 0.3) is 0 Å². The van der Waals surface area contributed by atoms with Gasteiger partial charge in [0.25, 0.3) is 0 Å². The Morgan fingerprint density at radius 1 is 1.38 bits per heavy atom. The molecule has 1 aliphatic rings. The first kappa shape index (κ1) is 19.3. The highest BCUT2D eigenvalue weighted by molar-refractivity contribution is 8.01. The molecule has 0 radical (unpaired) electrons. The number of halogens is 1. The quantitative estimate of drug-likeness (QED) is 0.568. The van der Waals surface area contributed by atoms with Crippen molar-refractivity contribution in [2.24, 2.45) is 5.92 Å². The van der Waals surface area contributed by atoms with Gasteiger partial charge in [0, 0.05) is 18.8 Å². The summed E-state index contributed by atoms with van der Waals surface area (Å²) in [5.74, 6) is 0.735. The Balaban J connectivity index is 1.52. The normalized spacial score (nSPS) is 18.0. The lowest BCUT2D eigenvalue weighted by Crippen LogP contribution is -2.40. The van der Waals surface area contributed by atoms with Gasteiger partial charge in [-0.15, -0.1) is 10.2 Å². The maximum atomic E-state index is 13.0. The molecular weight excluding hydrogens is 371 g/mol. The van der Waals surface area contributed by atoms with Crippen molar-refractivity contribution in [1.82, 2.24) is 15.1 Å². The van der Waals surface area contributed by atoms with Crippen LogP contribution in [0.15, 0.2) is 28.6 Å². The highest BCUT2D eigenvalue weighted by Gasteiger charge is 2.26. The SMILES string of the molecule is CCCSc1nnc(NC(=O)C2CCCN(Cc3ccc(F)cc3)C2)s1. The number of amides is 1. The molecule has 1 unspecified atom stereocenters. The van der Waals surface area contributed by atoms with Crippen LogP contribution >= 0.6 is 23.1 Å². The lowest BCUT2D eigenvalue weighted by atomic mass is 9.97. The lowest BCUT2D eigenvalue weighted by molar-refractivity contribution is -0.121. The molecule has 0 aliphatic carbocycles. The van der Waals surface area contributed by atoms with Crippen molar-refractivity contribution in [3.05, 3.63) is 35.6 Å². The first-order chi connectivity index (χ1) is 12.6. The molecule has 1 aliphatic heterocycles. The Morgan fingerprint density at radius 3 is 2.96 bits per heavy atom. The molecule has 0 bridgehead atoms. The number of carbonyl (C=O) groups is 1. The molecule has 0 saturated carbocycles. The highest BCUT2D eigenvalue weighted by Crippen LogP contribution is 2.27. The van der Waals surface area contributed by atoms with Gasteiger partial charge < -0.3 is 5.32 Å². The van der Waals surface area contributed by atoms with Crippen LogP contribution in [0.4, 0.5) is 9.52 Å². The number of hydrogen-bond donors (Lipinski definition) is 1. The van der Waals surface area contributed by atoms with Crippen LogP contribution in [0.2, 0.25) is 0 Å². The van der Waals surface area contributed by atoms with Gasteiger partial charge in [0.2, 0.25) is 11.0 Å². The van der Waals surface area contributed by atoms with Crippen molar-refractivity contribution in [2.75, 3.05) is 24.2 Å². The van der Waals surface area contributed by atoms with E-state index in [2.05, 4.69) is 27.3 Å². The average molecular weight is 395 g/mol. The molecule has 8 heteroatoms. The van der Waals surface area contributed by atoms with E-state index in [1.165, 1.54) is 23.5 Å². The minimum atomic E-state index is -0.224. The van der Waals surface area contributed by atoms with Gasteiger partial charge in [0.1, 0.15) is 5.82 Å². The summed E-state index contributed by atoms with van der Waals surface area (Å²) in [4.78, 5) is 14.8. The number of thioether (sulfide) groups is 1. The van der Waals surface area contributed by atoms with Gasteiger partial charge in [-0.25, -0.2) is 4.39 Å². The predicted octanol–water partition coefficient (Wildman–Crippen LogP) is 4.03. The Bertz CT molecular complexity index is 722. The fourth-order valence-corrected chi connectivity index (χ4v) is 4.66. The van der Waals surface area contributed by atoms with Crippen LogP contribution in [0.1, 0.15) is 31.7 Å². The maximum absolute atomic E-state index is 13.0. The number of likely N-dealkylation sites (tertiary alicyclic amines) is 1. The number of rotatable bonds is 7. The summed E-state index contributed by atoms with van der Waals surface area (Å²) in [5, 5.41) is 11.7. The van der Waals surface area contributed by atoms with Crippen molar-refractivity contribution in [3.63, 3.8) is 0 Å². The molecule has 1 fully saturated rings. The van der Waals surface area contributed by atoms with Crippen LogP contribution < -0.4 is 5.32 Å². The summed E-state index contributed by atoms with van der Waals surface area (Å²) < 4.78 is 13.9. The van der Waals surface area contributed by atoms with Gasteiger partial charge >= 0.3 is 0 Å². The molecule has 1 N–H and O–H groups in total. The van der Waals surface area contributed by atoms with E-state index >= 15 is 0 Å². The number of hydrogen-bond acceptors (Lipinski definition) is 6. The summed E-state index contributed by atoms with van der Waals surface area (Å²) in [6, 6.07) is 6.56. The second-order valence-electron chi connectivity index (χ2n) is 6.41. The molecule has 140 valence electrons. The zero-order valence-corrected chi connectivity index (χ0v) is 16.4. The van der Waals surface area contributed by atoms with Gasteiger partial charge in [0.15, 0.2) is 4.34 Å². The number of nitrogens with one attached hydrogen (secondary N) is 1. The average Bonchev–Trinajstić information content (AvgIpc) is 3.09. The number of carbonyl (C=O) groups excluding carboxylic acids is 1. The van der Waals surface area contributed by atoms with Crippen molar-refractivity contribution >= 4 is 34.1 Å². The third kappa shape index (κ3) is 5.49. The summed E-state index contributed by atoms with van der Waals surface area (Å²) >= 11 is 3.09. The summed E-state index contributed by atoms with van der Waals surface area (Å²) in [5.41, 5.74) is 1.06. The monoisotopic (exact) mass is 394 g/mol. The Labute approximate surface area is 161 Å². The Morgan fingerprint density at radius 2 is 2.19 bits per heavy atom. The van der Waals surface area contributed by atoms with E-state index in [9.17, 15) is 9.18 Å². The van der Waals surface area contributed by atoms with Gasteiger partial charge in [0.05, 0.1) is 5.92 Å². The van der Waals surface area contributed by atoms with Crippen LogP contribution in [0, 0.1) is 11.7 Å². The molecule has 1 saturated heterocycles. The van der Waals surface area contributed by atoms with Crippen molar-refractivity contribution in [3.8, 4) is 0 Å². The van der Waals surface area contributed by atoms with E-state index in [0.717, 1.165) is 48.0 Å². The van der Waals surface area contributed by atoms with E-state index in [1.54, 1.807) is 23.9 Å². The fourth-order valence-electron chi connectivity index (χ4n) is 2.98. The van der Waals surface area contributed by atoms with Crippen molar-refractivity contribution in [2.45, 2.75) is 37.1 Å². The van der Waals surface area contributed by atoms with Crippen LogP contribution in [0.3, 0.4) is 0 Å². The van der Waals surface area contributed by atoms with E-state index in [4.69, 9.17) is 0 Å². The number of anilines is 1. The zero-order chi connectivity index (χ0) is 18.4. The minimum Gasteiger partial charge on any atom is -0.300 e.